The second-order valence-corrected chi connectivity index (χ2v) is 6.48. The Kier molecular flexibility index (Phi) is 8.72. The van der Waals surface area contributed by atoms with E-state index in [2.05, 4.69) is 30.0 Å². The Morgan fingerprint density at radius 1 is 1.20 bits per heavy atom. The quantitative estimate of drug-likeness (QED) is 0.445. The molecule has 0 spiro atoms. The molecule has 0 fully saturated rings. The SMILES string of the molecule is CCN(CC)CCOc1ccccc1/C=C(\C#N)c1noc2ccc(OC)cc12.Cl. The Bertz CT molecular complexity index is 1040. The second-order valence-electron chi connectivity index (χ2n) is 6.48. The van der Waals surface area contributed by atoms with Crippen LogP contribution in [0.1, 0.15) is 25.1 Å². The fraction of sp³-hybridized carbons (Fsp3) is 0.304. The van der Waals surface area contributed by atoms with Crippen molar-refractivity contribution in [2.75, 3.05) is 33.4 Å². The highest BCUT2D eigenvalue weighted by molar-refractivity contribution is 5.99. The van der Waals surface area contributed by atoms with Crippen molar-refractivity contribution in [1.82, 2.24) is 10.1 Å². The van der Waals surface area contributed by atoms with E-state index in [0.717, 1.165) is 36.3 Å². The smallest absolute Gasteiger partial charge is 0.167 e. The van der Waals surface area contributed by atoms with Gasteiger partial charge in [-0.2, -0.15) is 5.26 Å². The normalized spacial score (nSPS) is 11.2. The molecule has 30 heavy (non-hydrogen) atoms. The molecule has 3 rings (SSSR count). The molecule has 1 aromatic heterocycles. The highest BCUT2D eigenvalue weighted by atomic mass is 35.5. The van der Waals surface area contributed by atoms with Crippen molar-refractivity contribution < 1.29 is 14.0 Å². The number of hydrogen-bond acceptors (Lipinski definition) is 6. The fourth-order valence-electron chi connectivity index (χ4n) is 3.10. The van der Waals surface area contributed by atoms with Gasteiger partial charge >= 0.3 is 0 Å². The van der Waals surface area contributed by atoms with Crippen LogP contribution in [0.3, 0.4) is 0 Å². The topological polar surface area (TPSA) is 71.5 Å². The van der Waals surface area contributed by atoms with E-state index in [0.29, 0.717) is 29.2 Å². The van der Waals surface area contributed by atoms with Gasteiger partial charge in [-0.05, 0) is 43.4 Å². The number of ether oxygens (including phenoxy) is 2. The van der Waals surface area contributed by atoms with Gasteiger partial charge in [0.05, 0.1) is 18.1 Å². The van der Waals surface area contributed by atoms with E-state index < -0.39 is 0 Å². The van der Waals surface area contributed by atoms with E-state index >= 15 is 0 Å². The first-order valence-electron chi connectivity index (χ1n) is 9.69. The van der Waals surface area contributed by atoms with E-state index in [9.17, 15) is 5.26 Å². The van der Waals surface area contributed by atoms with Crippen LogP contribution < -0.4 is 9.47 Å². The monoisotopic (exact) mass is 427 g/mol. The predicted octanol–water partition coefficient (Wildman–Crippen LogP) is 5.04. The molecule has 0 radical (unpaired) electrons. The zero-order valence-electron chi connectivity index (χ0n) is 17.4. The van der Waals surface area contributed by atoms with Gasteiger partial charge in [-0.25, -0.2) is 0 Å². The summed E-state index contributed by atoms with van der Waals surface area (Å²) in [6.45, 7) is 7.68. The van der Waals surface area contributed by atoms with Crippen LogP contribution >= 0.6 is 12.4 Å². The van der Waals surface area contributed by atoms with Crippen molar-refractivity contribution in [1.29, 1.82) is 5.26 Å². The minimum atomic E-state index is 0. The second kappa shape index (κ2) is 11.2. The Balaban J connectivity index is 0.00000320. The van der Waals surface area contributed by atoms with Crippen molar-refractivity contribution in [3.05, 3.63) is 53.7 Å². The third kappa shape index (κ3) is 5.32. The molecule has 6 nitrogen and oxygen atoms in total. The van der Waals surface area contributed by atoms with Gasteiger partial charge in [0.25, 0.3) is 0 Å². The lowest BCUT2D eigenvalue weighted by Crippen LogP contribution is -2.27. The first-order chi connectivity index (χ1) is 14.2. The summed E-state index contributed by atoms with van der Waals surface area (Å²) in [6, 6.07) is 15.3. The van der Waals surface area contributed by atoms with Gasteiger partial charge in [0.1, 0.15) is 29.9 Å². The molecular weight excluding hydrogens is 402 g/mol. The van der Waals surface area contributed by atoms with Crippen molar-refractivity contribution >= 4 is 35.0 Å². The lowest BCUT2D eigenvalue weighted by atomic mass is 10.1. The van der Waals surface area contributed by atoms with Crippen molar-refractivity contribution in [2.45, 2.75) is 13.8 Å². The minimum Gasteiger partial charge on any atom is -0.497 e. The molecule has 0 N–H and O–H groups in total. The van der Waals surface area contributed by atoms with E-state index in [-0.39, 0.29) is 12.4 Å². The Morgan fingerprint density at radius 3 is 2.67 bits per heavy atom. The van der Waals surface area contributed by atoms with Crippen LogP contribution in [-0.4, -0.2) is 43.4 Å². The first kappa shape index (κ1) is 23.3. The number of benzene rings is 2. The number of hydrogen-bond donors (Lipinski definition) is 0. The predicted molar refractivity (Wildman–Crippen MR) is 121 cm³/mol. The van der Waals surface area contributed by atoms with Gasteiger partial charge in [-0.3, -0.25) is 0 Å². The highest BCUT2D eigenvalue weighted by Gasteiger charge is 2.15. The maximum absolute atomic E-state index is 9.77. The summed E-state index contributed by atoms with van der Waals surface area (Å²) in [5.41, 5.74) is 2.31. The maximum Gasteiger partial charge on any atom is 0.167 e. The third-order valence-corrected chi connectivity index (χ3v) is 4.83. The number of para-hydroxylation sites is 1. The van der Waals surface area contributed by atoms with Gasteiger partial charge in [-0.1, -0.05) is 37.2 Å². The third-order valence-electron chi connectivity index (χ3n) is 4.83. The molecule has 0 atom stereocenters. The van der Waals surface area contributed by atoms with Gasteiger partial charge in [0.2, 0.25) is 0 Å². The number of fused-ring (bicyclic) bond motifs is 1. The molecular formula is C23H26ClN3O3. The lowest BCUT2D eigenvalue weighted by Gasteiger charge is -2.18. The number of nitrogens with zero attached hydrogens (tertiary/aromatic N) is 3. The lowest BCUT2D eigenvalue weighted by molar-refractivity contribution is 0.222. The molecule has 0 unspecified atom stereocenters. The number of likely N-dealkylation sites (N-methyl/N-ethyl adjacent to an activating group) is 1. The molecule has 158 valence electrons. The maximum atomic E-state index is 9.77. The van der Waals surface area contributed by atoms with Crippen LogP contribution in [0.15, 0.2) is 47.0 Å². The number of allylic oxidation sites excluding steroid dienone is 1. The van der Waals surface area contributed by atoms with E-state index in [4.69, 9.17) is 14.0 Å². The van der Waals surface area contributed by atoms with Gasteiger partial charge < -0.3 is 18.9 Å². The summed E-state index contributed by atoms with van der Waals surface area (Å²) in [5.74, 6) is 1.41. The number of aromatic nitrogens is 1. The molecule has 0 aliphatic rings. The zero-order valence-corrected chi connectivity index (χ0v) is 18.2. The molecule has 1 heterocycles. The number of halogens is 1. The average molecular weight is 428 g/mol. The summed E-state index contributed by atoms with van der Waals surface area (Å²) in [4.78, 5) is 2.30. The summed E-state index contributed by atoms with van der Waals surface area (Å²) < 4.78 is 16.7. The summed E-state index contributed by atoms with van der Waals surface area (Å²) in [7, 11) is 1.60. The molecule has 0 aliphatic heterocycles. The molecule has 2 aromatic carbocycles. The van der Waals surface area contributed by atoms with Crippen LogP contribution in [0.5, 0.6) is 11.5 Å². The van der Waals surface area contributed by atoms with Gasteiger partial charge in [0, 0.05) is 12.1 Å². The van der Waals surface area contributed by atoms with Gasteiger partial charge in [-0.15, -0.1) is 12.4 Å². The van der Waals surface area contributed by atoms with Crippen LogP contribution in [-0.2, 0) is 0 Å². The molecule has 0 saturated carbocycles. The molecule has 7 heteroatoms. The summed E-state index contributed by atoms with van der Waals surface area (Å²) >= 11 is 0. The summed E-state index contributed by atoms with van der Waals surface area (Å²) in [5, 5.41) is 14.6. The minimum absolute atomic E-state index is 0. The molecule has 3 aromatic rings. The number of nitriles is 1. The van der Waals surface area contributed by atoms with E-state index in [1.807, 2.05) is 30.3 Å². The summed E-state index contributed by atoms with van der Waals surface area (Å²) in [6.07, 6.45) is 1.78. The number of rotatable bonds is 9. The molecule has 0 saturated heterocycles. The first-order valence-corrected chi connectivity index (χ1v) is 9.69. The van der Waals surface area contributed by atoms with Crippen LogP contribution in [0.2, 0.25) is 0 Å². The van der Waals surface area contributed by atoms with E-state index in [1.54, 1.807) is 25.3 Å². The highest BCUT2D eigenvalue weighted by Crippen LogP contribution is 2.30. The Morgan fingerprint density at radius 2 is 1.97 bits per heavy atom. The molecule has 0 aliphatic carbocycles. The Hall–Kier alpha value is -3.01. The molecule has 0 amide bonds. The van der Waals surface area contributed by atoms with Crippen LogP contribution in [0, 0.1) is 11.3 Å². The van der Waals surface area contributed by atoms with Crippen molar-refractivity contribution in [3.63, 3.8) is 0 Å². The van der Waals surface area contributed by atoms with Crippen molar-refractivity contribution in [2.24, 2.45) is 0 Å². The van der Waals surface area contributed by atoms with Gasteiger partial charge in [0.15, 0.2) is 5.58 Å². The fourth-order valence-corrected chi connectivity index (χ4v) is 3.10. The van der Waals surface area contributed by atoms with Crippen molar-refractivity contribution in [3.8, 4) is 17.6 Å². The Labute approximate surface area is 183 Å². The molecule has 0 bridgehead atoms. The van der Waals surface area contributed by atoms with Crippen LogP contribution in [0.25, 0.3) is 22.6 Å². The van der Waals surface area contributed by atoms with E-state index in [1.165, 1.54) is 0 Å². The largest absolute Gasteiger partial charge is 0.497 e. The van der Waals surface area contributed by atoms with Crippen LogP contribution in [0.4, 0.5) is 0 Å². The standard InChI is InChI=1S/C23H25N3O3.ClH/c1-4-26(5-2)12-13-28-21-9-7-6-8-17(21)14-18(16-24)23-20-15-19(27-3)10-11-22(20)29-25-23;/h6-11,14-15H,4-5,12-13H2,1-3H3;1H/b18-14+;. The number of methoxy groups -OCH3 is 1. The zero-order chi connectivity index (χ0) is 20.6. The average Bonchev–Trinajstić information content (AvgIpc) is 3.19.